The van der Waals surface area contributed by atoms with Crippen molar-refractivity contribution < 1.29 is 18.8 Å². The summed E-state index contributed by atoms with van der Waals surface area (Å²) in [6, 6.07) is 11.9. The van der Waals surface area contributed by atoms with Crippen LogP contribution in [0.2, 0.25) is 0 Å². The van der Waals surface area contributed by atoms with Gasteiger partial charge in [-0.15, -0.1) is 0 Å². The van der Waals surface area contributed by atoms with Crippen molar-refractivity contribution in [2.24, 2.45) is 5.92 Å². The standard InChI is InChI=1S/C20H18FN3O3/c1-3-15(22-16-7-5-4-6-14(16)21)17-18(25)23-20(27)24(19(17)26)13-10-8-12(2)9-11-13/h3-11,17,22H,1-2H3,(H,23,25,27)/b15-3+/t17-/m1/s1. The Kier molecular flexibility index (Phi) is 5.03. The maximum absolute atomic E-state index is 13.9. The number of amides is 4. The summed E-state index contributed by atoms with van der Waals surface area (Å²) in [7, 11) is 0. The number of nitrogens with zero attached hydrogens (tertiary/aromatic N) is 1. The normalized spacial score (nSPS) is 17.7. The van der Waals surface area contributed by atoms with Crippen LogP contribution in [0.3, 0.4) is 0 Å². The number of aryl methyl sites for hydroxylation is 1. The van der Waals surface area contributed by atoms with Gasteiger partial charge in [0.1, 0.15) is 5.82 Å². The molecule has 1 aliphatic rings. The van der Waals surface area contributed by atoms with E-state index in [2.05, 4.69) is 10.6 Å². The van der Waals surface area contributed by atoms with E-state index in [1.807, 2.05) is 6.92 Å². The first-order valence-corrected chi connectivity index (χ1v) is 8.35. The molecular formula is C20H18FN3O3. The van der Waals surface area contributed by atoms with E-state index in [4.69, 9.17) is 0 Å². The van der Waals surface area contributed by atoms with E-state index >= 15 is 0 Å². The highest BCUT2D eigenvalue weighted by Crippen LogP contribution is 2.26. The Labute approximate surface area is 155 Å². The third-order valence-electron chi connectivity index (χ3n) is 4.23. The van der Waals surface area contributed by atoms with E-state index in [0.717, 1.165) is 10.5 Å². The van der Waals surface area contributed by atoms with Gasteiger partial charge in [-0.1, -0.05) is 35.9 Å². The first kappa shape index (κ1) is 18.3. The maximum atomic E-state index is 13.9. The minimum atomic E-state index is -1.30. The van der Waals surface area contributed by atoms with Crippen LogP contribution in [0.1, 0.15) is 12.5 Å². The zero-order valence-corrected chi connectivity index (χ0v) is 14.8. The fourth-order valence-corrected chi connectivity index (χ4v) is 2.82. The number of halogens is 1. The van der Waals surface area contributed by atoms with Gasteiger partial charge in [-0.3, -0.25) is 14.9 Å². The summed E-state index contributed by atoms with van der Waals surface area (Å²) in [5, 5.41) is 4.98. The van der Waals surface area contributed by atoms with E-state index in [1.54, 1.807) is 37.3 Å². The molecule has 0 spiro atoms. The van der Waals surface area contributed by atoms with Gasteiger partial charge < -0.3 is 5.32 Å². The molecule has 2 aromatic carbocycles. The quantitative estimate of drug-likeness (QED) is 0.813. The highest BCUT2D eigenvalue weighted by Gasteiger charge is 2.43. The number of imide groups is 2. The third-order valence-corrected chi connectivity index (χ3v) is 4.23. The molecule has 4 amide bonds. The molecule has 7 heteroatoms. The van der Waals surface area contributed by atoms with Crippen LogP contribution in [-0.2, 0) is 9.59 Å². The van der Waals surface area contributed by atoms with Gasteiger partial charge in [0.25, 0.3) is 5.91 Å². The number of benzene rings is 2. The lowest BCUT2D eigenvalue weighted by atomic mass is 9.99. The third kappa shape index (κ3) is 3.57. The Morgan fingerprint density at radius 3 is 2.41 bits per heavy atom. The molecule has 2 aromatic rings. The lowest BCUT2D eigenvalue weighted by molar-refractivity contribution is -0.132. The van der Waals surface area contributed by atoms with E-state index < -0.39 is 29.6 Å². The fraction of sp³-hybridized carbons (Fsp3) is 0.150. The molecule has 2 N–H and O–H groups in total. The molecule has 0 radical (unpaired) electrons. The summed E-state index contributed by atoms with van der Waals surface area (Å²) < 4.78 is 13.9. The molecule has 3 rings (SSSR count). The largest absolute Gasteiger partial charge is 0.356 e. The summed E-state index contributed by atoms with van der Waals surface area (Å²) in [5.41, 5.74) is 1.63. The Morgan fingerprint density at radius 1 is 1.11 bits per heavy atom. The van der Waals surface area contributed by atoms with E-state index in [9.17, 15) is 18.8 Å². The summed E-state index contributed by atoms with van der Waals surface area (Å²) >= 11 is 0. The van der Waals surface area contributed by atoms with Gasteiger partial charge in [0.2, 0.25) is 5.91 Å². The number of para-hydroxylation sites is 1. The molecule has 27 heavy (non-hydrogen) atoms. The number of urea groups is 1. The lowest BCUT2D eigenvalue weighted by Crippen LogP contribution is -2.59. The van der Waals surface area contributed by atoms with Crippen LogP contribution in [0.5, 0.6) is 0 Å². The van der Waals surface area contributed by atoms with Crippen molar-refractivity contribution in [2.45, 2.75) is 13.8 Å². The van der Waals surface area contributed by atoms with Gasteiger partial charge in [-0.2, -0.15) is 0 Å². The molecule has 0 aliphatic carbocycles. The molecule has 0 bridgehead atoms. The fourth-order valence-electron chi connectivity index (χ4n) is 2.82. The molecular weight excluding hydrogens is 349 g/mol. The van der Waals surface area contributed by atoms with Gasteiger partial charge >= 0.3 is 6.03 Å². The van der Waals surface area contributed by atoms with Crippen LogP contribution in [0.25, 0.3) is 0 Å². The number of carbonyl (C=O) groups is 3. The Hall–Kier alpha value is -3.48. The second-order valence-electron chi connectivity index (χ2n) is 6.09. The Morgan fingerprint density at radius 2 is 1.78 bits per heavy atom. The molecule has 1 aliphatic heterocycles. The first-order chi connectivity index (χ1) is 12.9. The Balaban J connectivity index is 1.94. The molecule has 1 heterocycles. The van der Waals surface area contributed by atoms with Gasteiger partial charge in [0.05, 0.1) is 11.4 Å². The predicted octanol–water partition coefficient (Wildman–Crippen LogP) is 3.35. The van der Waals surface area contributed by atoms with E-state index in [1.165, 1.54) is 24.3 Å². The van der Waals surface area contributed by atoms with Crippen LogP contribution < -0.4 is 15.5 Å². The minimum absolute atomic E-state index is 0.130. The van der Waals surface area contributed by atoms with Crippen molar-refractivity contribution in [2.75, 3.05) is 10.2 Å². The molecule has 0 saturated carbocycles. The zero-order valence-electron chi connectivity index (χ0n) is 14.8. The molecule has 6 nitrogen and oxygen atoms in total. The van der Waals surface area contributed by atoms with Gasteiger partial charge in [0.15, 0.2) is 5.92 Å². The second kappa shape index (κ2) is 7.41. The van der Waals surface area contributed by atoms with Crippen molar-refractivity contribution in [1.82, 2.24) is 5.32 Å². The van der Waals surface area contributed by atoms with Crippen LogP contribution in [0.15, 0.2) is 60.3 Å². The molecule has 0 unspecified atom stereocenters. The average molecular weight is 367 g/mol. The first-order valence-electron chi connectivity index (χ1n) is 8.35. The number of hydrogen-bond acceptors (Lipinski definition) is 4. The van der Waals surface area contributed by atoms with E-state index in [-0.39, 0.29) is 11.4 Å². The maximum Gasteiger partial charge on any atom is 0.335 e. The topological polar surface area (TPSA) is 78.5 Å². The summed E-state index contributed by atoms with van der Waals surface area (Å²) in [6.07, 6.45) is 1.51. The van der Waals surface area contributed by atoms with Crippen LogP contribution in [0.4, 0.5) is 20.6 Å². The van der Waals surface area contributed by atoms with Crippen molar-refractivity contribution in [1.29, 1.82) is 0 Å². The highest BCUT2D eigenvalue weighted by atomic mass is 19.1. The number of barbiturate groups is 1. The number of carbonyl (C=O) groups excluding carboxylic acids is 3. The number of nitrogens with one attached hydrogen (secondary N) is 2. The van der Waals surface area contributed by atoms with Gasteiger partial charge in [-0.05, 0) is 38.1 Å². The van der Waals surface area contributed by atoms with Crippen molar-refractivity contribution in [3.05, 3.63) is 71.7 Å². The lowest BCUT2D eigenvalue weighted by Gasteiger charge is -2.31. The van der Waals surface area contributed by atoms with Crippen molar-refractivity contribution >= 4 is 29.2 Å². The Bertz CT molecular complexity index is 938. The number of anilines is 2. The summed E-state index contributed by atoms with van der Waals surface area (Å²) in [6.45, 7) is 3.50. The van der Waals surface area contributed by atoms with Crippen molar-refractivity contribution in [3.8, 4) is 0 Å². The van der Waals surface area contributed by atoms with Gasteiger partial charge in [-0.25, -0.2) is 14.1 Å². The SMILES string of the molecule is C/C=C(/Nc1ccccc1F)[C@@H]1C(=O)NC(=O)N(c2ccc(C)cc2)C1=O. The molecule has 0 aromatic heterocycles. The van der Waals surface area contributed by atoms with Crippen molar-refractivity contribution in [3.63, 3.8) is 0 Å². The predicted molar refractivity (Wildman–Crippen MR) is 99.5 cm³/mol. The second-order valence-corrected chi connectivity index (χ2v) is 6.09. The van der Waals surface area contributed by atoms with Crippen LogP contribution >= 0.6 is 0 Å². The smallest absolute Gasteiger partial charge is 0.335 e. The highest BCUT2D eigenvalue weighted by molar-refractivity contribution is 6.29. The van der Waals surface area contributed by atoms with Gasteiger partial charge in [0, 0.05) is 5.70 Å². The molecule has 138 valence electrons. The molecule has 1 fully saturated rings. The monoisotopic (exact) mass is 367 g/mol. The zero-order chi connectivity index (χ0) is 19.6. The molecule has 1 saturated heterocycles. The van der Waals surface area contributed by atoms with Crippen LogP contribution in [0, 0.1) is 18.7 Å². The number of allylic oxidation sites excluding steroid dienone is 1. The summed E-state index contributed by atoms with van der Waals surface area (Å²) in [4.78, 5) is 38.5. The van der Waals surface area contributed by atoms with Crippen LogP contribution in [-0.4, -0.2) is 17.8 Å². The molecule has 1 atom stereocenters. The summed E-state index contributed by atoms with van der Waals surface area (Å²) in [5.74, 6) is -3.28. The van der Waals surface area contributed by atoms with E-state index in [0.29, 0.717) is 5.69 Å². The average Bonchev–Trinajstić information content (AvgIpc) is 2.63. The minimum Gasteiger partial charge on any atom is -0.356 e. The number of hydrogen-bond donors (Lipinski definition) is 2. The number of rotatable bonds is 4.